The molecule has 1 aromatic heterocycles. The molecule has 1 aliphatic rings. The molecule has 2 heterocycles. The summed E-state index contributed by atoms with van der Waals surface area (Å²) in [5, 5.41) is 14.6. The lowest BCUT2D eigenvalue weighted by atomic mass is 10.3. The van der Waals surface area contributed by atoms with Crippen LogP contribution in [0.4, 0.5) is 5.13 Å². The zero-order chi connectivity index (χ0) is 15.3. The van der Waals surface area contributed by atoms with Crippen LogP contribution in [0.1, 0.15) is 19.8 Å². The minimum atomic E-state index is -2.96. The third-order valence-corrected chi connectivity index (χ3v) is 6.64. The molecule has 0 radical (unpaired) electrons. The van der Waals surface area contributed by atoms with Crippen molar-refractivity contribution in [3.8, 4) is 0 Å². The molecule has 1 aliphatic heterocycles. The Kier molecular flexibility index (Phi) is 5.82. The maximum absolute atomic E-state index is 11.8. The van der Waals surface area contributed by atoms with E-state index >= 15 is 0 Å². The first-order valence-corrected chi connectivity index (χ1v) is 10.3. The number of thioether (sulfide) groups is 1. The molecule has 0 spiro atoms. The van der Waals surface area contributed by atoms with Gasteiger partial charge in [0.2, 0.25) is 11.0 Å². The predicted molar refractivity (Wildman–Crippen MR) is 84.6 cm³/mol. The summed E-state index contributed by atoms with van der Waals surface area (Å²) in [4.78, 5) is 11.8. The van der Waals surface area contributed by atoms with Gasteiger partial charge in [0.05, 0.1) is 17.3 Å². The van der Waals surface area contributed by atoms with Gasteiger partial charge in [-0.1, -0.05) is 30.0 Å². The van der Waals surface area contributed by atoms with Crippen molar-refractivity contribution in [3.05, 3.63) is 0 Å². The van der Waals surface area contributed by atoms with E-state index in [1.165, 1.54) is 23.1 Å². The molecule has 0 aliphatic carbocycles. The molecule has 1 fully saturated rings. The predicted octanol–water partition coefficient (Wildman–Crippen LogP) is 0.755. The number of hydrogen-bond donors (Lipinski definition) is 2. The summed E-state index contributed by atoms with van der Waals surface area (Å²) in [7, 11) is -2.96. The monoisotopic (exact) mass is 350 g/mol. The summed E-state index contributed by atoms with van der Waals surface area (Å²) in [5.74, 6) is 0.264. The number of nitrogens with one attached hydrogen (secondary N) is 2. The molecular formula is C11H18N4O3S3. The average molecular weight is 350 g/mol. The van der Waals surface area contributed by atoms with Crippen molar-refractivity contribution in [1.82, 2.24) is 15.5 Å². The number of sulfone groups is 1. The molecule has 0 bridgehead atoms. The van der Waals surface area contributed by atoms with Crippen LogP contribution in [0.3, 0.4) is 0 Å². The van der Waals surface area contributed by atoms with E-state index in [9.17, 15) is 13.2 Å². The van der Waals surface area contributed by atoms with Crippen molar-refractivity contribution in [3.63, 3.8) is 0 Å². The third-order valence-electron chi connectivity index (χ3n) is 2.86. The lowest BCUT2D eigenvalue weighted by Gasteiger charge is -2.09. The van der Waals surface area contributed by atoms with Crippen molar-refractivity contribution in [2.45, 2.75) is 30.1 Å². The fourth-order valence-corrected chi connectivity index (χ4v) is 5.14. The zero-order valence-electron chi connectivity index (χ0n) is 11.7. The highest BCUT2D eigenvalue weighted by atomic mass is 32.2. The highest BCUT2D eigenvalue weighted by Gasteiger charge is 2.28. The van der Waals surface area contributed by atoms with Crippen molar-refractivity contribution in [1.29, 1.82) is 0 Å². The Morgan fingerprint density at radius 2 is 2.29 bits per heavy atom. The van der Waals surface area contributed by atoms with Crippen LogP contribution in [0.15, 0.2) is 4.34 Å². The number of hydrogen-bond acceptors (Lipinski definition) is 8. The van der Waals surface area contributed by atoms with Crippen LogP contribution < -0.4 is 10.6 Å². The zero-order valence-corrected chi connectivity index (χ0v) is 14.1. The Morgan fingerprint density at radius 3 is 2.95 bits per heavy atom. The van der Waals surface area contributed by atoms with Crippen LogP contribution >= 0.6 is 23.1 Å². The normalized spacial score (nSPS) is 20.3. The lowest BCUT2D eigenvalue weighted by molar-refractivity contribution is -0.119. The van der Waals surface area contributed by atoms with Gasteiger partial charge >= 0.3 is 0 Å². The highest BCUT2D eigenvalue weighted by molar-refractivity contribution is 8.01. The first kappa shape index (κ1) is 16.5. The number of anilines is 1. The van der Waals surface area contributed by atoms with Gasteiger partial charge in [-0.15, -0.1) is 10.2 Å². The minimum Gasteiger partial charge on any atom is -0.360 e. The van der Waals surface area contributed by atoms with E-state index in [4.69, 9.17) is 0 Å². The van der Waals surface area contributed by atoms with Gasteiger partial charge in [-0.05, 0) is 12.8 Å². The topological polar surface area (TPSA) is 101 Å². The second-order valence-corrected chi connectivity index (χ2v) is 9.18. The summed E-state index contributed by atoms with van der Waals surface area (Å²) in [5.41, 5.74) is 0. The average Bonchev–Trinajstić information content (AvgIpc) is 3.00. The Labute approximate surface area is 132 Å². The van der Waals surface area contributed by atoms with Crippen LogP contribution in [0.5, 0.6) is 0 Å². The summed E-state index contributed by atoms with van der Waals surface area (Å²) in [6.45, 7) is 2.91. The first-order valence-electron chi connectivity index (χ1n) is 6.68. The maximum Gasteiger partial charge on any atom is 0.230 e. The smallest absolute Gasteiger partial charge is 0.230 e. The second-order valence-electron chi connectivity index (χ2n) is 4.76. The van der Waals surface area contributed by atoms with Crippen molar-refractivity contribution < 1.29 is 13.2 Å². The molecule has 1 atom stereocenters. The van der Waals surface area contributed by atoms with E-state index in [0.29, 0.717) is 6.42 Å². The molecule has 1 amide bonds. The molecule has 1 saturated heterocycles. The number of rotatable bonds is 7. The summed E-state index contributed by atoms with van der Waals surface area (Å²) in [6, 6.07) is -0.251. The molecule has 1 aromatic rings. The van der Waals surface area contributed by atoms with Gasteiger partial charge in [0.1, 0.15) is 0 Å². The number of nitrogens with zero attached hydrogens (tertiary/aromatic N) is 2. The summed E-state index contributed by atoms with van der Waals surface area (Å²) >= 11 is 2.72. The molecule has 21 heavy (non-hydrogen) atoms. The van der Waals surface area contributed by atoms with Gasteiger partial charge in [-0.25, -0.2) is 8.42 Å². The van der Waals surface area contributed by atoms with Crippen LogP contribution in [-0.4, -0.2) is 54.4 Å². The van der Waals surface area contributed by atoms with Gasteiger partial charge in [-0.2, -0.15) is 0 Å². The summed E-state index contributed by atoms with van der Waals surface area (Å²) < 4.78 is 23.3. The van der Waals surface area contributed by atoms with Gasteiger partial charge in [0.15, 0.2) is 14.2 Å². The molecule has 7 nitrogen and oxygen atoms in total. The number of carbonyl (C=O) groups is 1. The van der Waals surface area contributed by atoms with Gasteiger partial charge in [0, 0.05) is 12.6 Å². The SMILES string of the molecule is CCCNc1nnc(SCC(=O)N[C@@H]2CCS(=O)(=O)C2)s1. The summed E-state index contributed by atoms with van der Waals surface area (Å²) in [6.07, 6.45) is 1.51. The van der Waals surface area contributed by atoms with Crippen LogP contribution in [0, 0.1) is 0 Å². The van der Waals surface area contributed by atoms with Crippen molar-refractivity contribution >= 4 is 44.0 Å². The molecule has 2 N–H and O–H groups in total. The Bertz CT molecular complexity index is 587. The van der Waals surface area contributed by atoms with Gasteiger partial charge in [-0.3, -0.25) is 4.79 Å². The van der Waals surface area contributed by atoms with E-state index in [-0.39, 0.29) is 29.2 Å². The van der Waals surface area contributed by atoms with E-state index in [2.05, 4.69) is 27.8 Å². The molecule has 2 rings (SSSR count). The highest BCUT2D eigenvalue weighted by Crippen LogP contribution is 2.25. The van der Waals surface area contributed by atoms with E-state index < -0.39 is 9.84 Å². The van der Waals surface area contributed by atoms with E-state index in [1.54, 1.807) is 0 Å². The number of amides is 1. The quantitative estimate of drug-likeness (QED) is 0.700. The molecule has 0 saturated carbocycles. The molecule has 0 unspecified atom stereocenters. The molecule has 10 heteroatoms. The Hall–Kier alpha value is -0.870. The second kappa shape index (κ2) is 7.41. The van der Waals surface area contributed by atoms with E-state index in [1.807, 2.05) is 0 Å². The Balaban J connectivity index is 1.72. The fourth-order valence-electron chi connectivity index (χ4n) is 1.88. The first-order chi connectivity index (χ1) is 9.98. The van der Waals surface area contributed by atoms with Crippen LogP contribution in [0.2, 0.25) is 0 Å². The van der Waals surface area contributed by atoms with Crippen molar-refractivity contribution in [2.75, 3.05) is 29.1 Å². The molecule has 118 valence electrons. The van der Waals surface area contributed by atoms with Crippen molar-refractivity contribution in [2.24, 2.45) is 0 Å². The van der Waals surface area contributed by atoms with Crippen LogP contribution in [0.25, 0.3) is 0 Å². The van der Waals surface area contributed by atoms with Crippen LogP contribution in [-0.2, 0) is 14.6 Å². The van der Waals surface area contributed by atoms with E-state index in [0.717, 1.165) is 22.4 Å². The standard InChI is InChI=1S/C11H18N4O3S3/c1-2-4-12-10-14-15-11(20-10)19-6-9(16)13-8-3-5-21(17,18)7-8/h8H,2-7H2,1H3,(H,12,14)(H,13,16)/t8-/m1/s1. The molecular weight excluding hydrogens is 332 g/mol. The van der Waals surface area contributed by atoms with Gasteiger partial charge < -0.3 is 10.6 Å². The number of carbonyl (C=O) groups excluding carboxylic acids is 1. The lowest BCUT2D eigenvalue weighted by Crippen LogP contribution is -2.36. The fraction of sp³-hybridized carbons (Fsp3) is 0.727. The minimum absolute atomic E-state index is 0.0489. The largest absolute Gasteiger partial charge is 0.360 e. The maximum atomic E-state index is 11.8. The number of aromatic nitrogens is 2. The van der Waals surface area contributed by atoms with Gasteiger partial charge in [0.25, 0.3) is 0 Å². The third kappa shape index (κ3) is 5.44. The molecule has 0 aromatic carbocycles. The Morgan fingerprint density at radius 1 is 1.48 bits per heavy atom.